The van der Waals surface area contributed by atoms with E-state index in [1.165, 1.54) is 17.7 Å². The average Bonchev–Trinajstić information content (AvgIpc) is 2.74. The van der Waals surface area contributed by atoms with Gasteiger partial charge in [-0.05, 0) is 30.7 Å². The molecule has 2 heterocycles. The summed E-state index contributed by atoms with van der Waals surface area (Å²) in [4.78, 5) is 4.79. The third-order valence-corrected chi connectivity index (χ3v) is 3.94. The highest BCUT2D eigenvalue weighted by Crippen LogP contribution is 2.17. The van der Waals surface area contributed by atoms with Gasteiger partial charge in [0.05, 0.1) is 6.20 Å². The van der Waals surface area contributed by atoms with Crippen LogP contribution in [0.1, 0.15) is 12.0 Å². The summed E-state index contributed by atoms with van der Waals surface area (Å²) in [5.74, 6) is -0.174. The molecule has 0 spiro atoms. The maximum Gasteiger partial charge on any atom is 0.123 e. The topological polar surface area (TPSA) is 24.3 Å². The summed E-state index contributed by atoms with van der Waals surface area (Å²) in [7, 11) is 1.95. The van der Waals surface area contributed by atoms with Crippen molar-refractivity contribution in [2.24, 2.45) is 7.05 Å². The highest BCUT2D eigenvalue weighted by atomic mass is 19.1. The normalized spacial score (nSPS) is 17.0. The minimum Gasteiger partial charge on any atom is -0.370 e. The van der Waals surface area contributed by atoms with Gasteiger partial charge in [0.15, 0.2) is 0 Å². The Labute approximate surface area is 124 Å². The Hall–Kier alpha value is -1.88. The van der Waals surface area contributed by atoms with Crippen molar-refractivity contribution in [1.82, 2.24) is 14.7 Å². The molecule has 4 nitrogen and oxygen atoms in total. The van der Waals surface area contributed by atoms with E-state index in [0.717, 1.165) is 44.8 Å². The van der Waals surface area contributed by atoms with Crippen molar-refractivity contribution in [3.8, 4) is 0 Å². The van der Waals surface area contributed by atoms with Gasteiger partial charge in [0.1, 0.15) is 5.82 Å². The molecule has 1 aliphatic rings. The van der Waals surface area contributed by atoms with Crippen LogP contribution < -0.4 is 4.90 Å². The van der Waals surface area contributed by atoms with Crippen LogP contribution in [-0.2, 0) is 13.6 Å². The lowest BCUT2D eigenvalue weighted by atomic mass is 10.2. The van der Waals surface area contributed by atoms with E-state index in [2.05, 4.69) is 21.1 Å². The average molecular weight is 288 g/mol. The largest absolute Gasteiger partial charge is 0.370 e. The van der Waals surface area contributed by atoms with Gasteiger partial charge in [0, 0.05) is 57.2 Å². The van der Waals surface area contributed by atoms with Gasteiger partial charge < -0.3 is 4.90 Å². The van der Waals surface area contributed by atoms with Crippen molar-refractivity contribution >= 4 is 5.69 Å². The van der Waals surface area contributed by atoms with Crippen LogP contribution in [0.4, 0.5) is 10.1 Å². The van der Waals surface area contributed by atoms with Gasteiger partial charge in [-0.1, -0.05) is 0 Å². The van der Waals surface area contributed by atoms with Crippen molar-refractivity contribution in [2.75, 3.05) is 31.1 Å². The van der Waals surface area contributed by atoms with Crippen LogP contribution in [0, 0.1) is 5.82 Å². The predicted molar refractivity (Wildman–Crippen MR) is 81.7 cm³/mol. The van der Waals surface area contributed by atoms with Crippen molar-refractivity contribution in [3.05, 3.63) is 48.0 Å². The van der Waals surface area contributed by atoms with E-state index < -0.39 is 0 Å². The maximum absolute atomic E-state index is 13.0. The fourth-order valence-electron chi connectivity index (χ4n) is 2.85. The Bertz CT molecular complexity index is 578. The smallest absolute Gasteiger partial charge is 0.123 e. The first-order valence-electron chi connectivity index (χ1n) is 7.41. The van der Waals surface area contributed by atoms with Crippen LogP contribution in [-0.4, -0.2) is 40.9 Å². The number of benzene rings is 1. The van der Waals surface area contributed by atoms with Crippen molar-refractivity contribution in [3.63, 3.8) is 0 Å². The zero-order valence-corrected chi connectivity index (χ0v) is 12.4. The van der Waals surface area contributed by atoms with Gasteiger partial charge in [-0.2, -0.15) is 5.10 Å². The van der Waals surface area contributed by atoms with Gasteiger partial charge in [0.25, 0.3) is 0 Å². The summed E-state index contributed by atoms with van der Waals surface area (Å²) in [5.41, 5.74) is 2.37. The first-order valence-corrected chi connectivity index (χ1v) is 7.41. The lowest BCUT2D eigenvalue weighted by Crippen LogP contribution is -2.30. The predicted octanol–water partition coefficient (Wildman–Crippen LogP) is 2.27. The van der Waals surface area contributed by atoms with E-state index >= 15 is 0 Å². The summed E-state index contributed by atoms with van der Waals surface area (Å²) in [6.07, 6.45) is 5.13. The molecule has 0 N–H and O–H groups in total. The zero-order valence-electron chi connectivity index (χ0n) is 12.4. The number of nitrogens with zero attached hydrogens (tertiary/aromatic N) is 4. The Balaban J connectivity index is 1.60. The minimum atomic E-state index is -0.174. The van der Waals surface area contributed by atoms with Crippen LogP contribution in [0.15, 0.2) is 36.7 Å². The molecular weight excluding hydrogens is 267 g/mol. The second kappa shape index (κ2) is 6.26. The minimum absolute atomic E-state index is 0.174. The van der Waals surface area contributed by atoms with E-state index in [1.54, 1.807) is 0 Å². The molecule has 2 aromatic rings. The van der Waals surface area contributed by atoms with Gasteiger partial charge in [0.2, 0.25) is 0 Å². The second-order valence-electron chi connectivity index (χ2n) is 5.62. The summed E-state index contributed by atoms with van der Waals surface area (Å²) in [6.45, 7) is 5.06. The maximum atomic E-state index is 13.0. The van der Waals surface area contributed by atoms with Crippen LogP contribution >= 0.6 is 0 Å². The molecule has 0 unspecified atom stereocenters. The summed E-state index contributed by atoms with van der Waals surface area (Å²) in [5, 5.41) is 4.22. The fourth-order valence-corrected chi connectivity index (χ4v) is 2.85. The molecule has 0 saturated carbocycles. The van der Waals surface area contributed by atoms with Gasteiger partial charge in [-0.25, -0.2) is 4.39 Å². The monoisotopic (exact) mass is 288 g/mol. The van der Waals surface area contributed by atoms with Crippen LogP contribution in [0.25, 0.3) is 0 Å². The Morgan fingerprint density at radius 2 is 1.90 bits per heavy atom. The molecule has 1 aromatic heterocycles. The Kier molecular flexibility index (Phi) is 4.20. The molecule has 5 heteroatoms. The molecule has 1 aliphatic heterocycles. The first kappa shape index (κ1) is 14.1. The van der Waals surface area contributed by atoms with E-state index in [-0.39, 0.29) is 5.82 Å². The van der Waals surface area contributed by atoms with E-state index in [1.807, 2.05) is 30.1 Å². The van der Waals surface area contributed by atoms with Gasteiger partial charge in [-0.15, -0.1) is 0 Å². The molecule has 0 bridgehead atoms. The molecule has 0 amide bonds. The van der Waals surface area contributed by atoms with Crippen molar-refractivity contribution in [2.45, 2.75) is 13.0 Å². The molecule has 0 radical (unpaired) electrons. The van der Waals surface area contributed by atoms with Crippen LogP contribution in [0.5, 0.6) is 0 Å². The number of halogens is 1. The molecule has 1 aromatic carbocycles. The summed E-state index contributed by atoms with van der Waals surface area (Å²) < 4.78 is 14.9. The van der Waals surface area contributed by atoms with Crippen LogP contribution in [0.2, 0.25) is 0 Å². The Morgan fingerprint density at radius 1 is 1.10 bits per heavy atom. The quantitative estimate of drug-likeness (QED) is 0.866. The zero-order chi connectivity index (χ0) is 14.7. The van der Waals surface area contributed by atoms with E-state index in [0.29, 0.717) is 0 Å². The second-order valence-corrected chi connectivity index (χ2v) is 5.62. The molecule has 112 valence electrons. The van der Waals surface area contributed by atoms with Gasteiger partial charge in [-0.3, -0.25) is 9.58 Å². The Morgan fingerprint density at radius 3 is 2.62 bits per heavy atom. The van der Waals surface area contributed by atoms with Crippen LogP contribution in [0.3, 0.4) is 0 Å². The number of rotatable bonds is 3. The molecule has 0 atom stereocenters. The lowest BCUT2D eigenvalue weighted by molar-refractivity contribution is 0.285. The lowest BCUT2D eigenvalue weighted by Gasteiger charge is -2.23. The SMILES string of the molecule is Cn1cc(CN2CCCN(c3ccc(F)cc3)CC2)cn1. The highest BCUT2D eigenvalue weighted by Gasteiger charge is 2.15. The van der Waals surface area contributed by atoms with E-state index in [4.69, 9.17) is 0 Å². The first-order chi connectivity index (χ1) is 10.2. The molecule has 0 aliphatic carbocycles. The molecule has 21 heavy (non-hydrogen) atoms. The van der Waals surface area contributed by atoms with Gasteiger partial charge >= 0.3 is 0 Å². The highest BCUT2D eigenvalue weighted by molar-refractivity contribution is 5.46. The number of hydrogen-bond donors (Lipinski definition) is 0. The third kappa shape index (κ3) is 3.61. The standard InChI is InChI=1S/C16H21FN4/c1-19-12-14(11-18-19)13-20-7-2-8-21(10-9-20)16-5-3-15(17)4-6-16/h3-6,11-12H,2,7-10,13H2,1H3. The third-order valence-electron chi connectivity index (χ3n) is 3.94. The number of aromatic nitrogens is 2. The molecular formula is C16H21FN4. The number of aryl methyl sites for hydroxylation is 1. The number of hydrogen-bond acceptors (Lipinski definition) is 3. The summed E-state index contributed by atoms with van der Waals surface area (Å²) in [6, 6.07) is 6.81. The fraction of sp³-hybridized carbons (Fsp3) is 0.438. The number of anilines is 1. The van der Waals surface area contributed by atoms with Crippen molar-refractivity contribution in [1.29, 1.82) is 0 Å². The molecule has 1 fully saturated rings. The van der Waals surface area contributed by atoms with Crippen molar-refractivity contribution < 1.29 is 4.39 Å². The summed E-state index contributed by atoms with van der Waals surface area (Å²) >= 11 is 0. The molecule has 3 rings (SSSR count). The van der Waals surface area contributed by atoms with E-state index in [9.17, 15) is 4.39 Å². The molecule has 1 saturated heterocycles.